The summed E-state index contributed by atoms with van der Waals surface area (Å²) < 4.78 is 37.6. The molecule has 0 bridgehead atoms. The number of pyridine rings is 1. The van der Waals surface area contributed by atoms with Crippen molar-refractivity contribution in [2.24, 2.45) is 5.92 Å². The van der Waals surface area contributed by atoms with Crippen molar-refractivity contribution in [2.45, 2.75) is 12.3 Å². The number of ether oxygens (including phenoxy) is 2. The van der Waals surface area contributed by atoms with Crippen molar-refractivity contribution in [2.75, 3.05) is 25.6 Å². The molecule has 2 unspecified atom stereocenters. The van der Waals surface area contributed by atoms with Crippen molar-refractivity contribution >= 4 is 11.6 Å². The van der Waals surface area contributed by atoms with Gasteiger partial charge in [0.2, 0.25) is 11.8 Å². The molecule has 1 aliphatic rings. The van der Waals surface area contributed by atoms with Crippen LogP contribution < -0.4 is 10.1 Å². The van der Waals surface area contributed by atoms with Gasteiger partial charge in [-0.2, -0.15) is 0 Å². The van der Waals surface area contributed by atoms with E-state index < -0.39 is 17.6 Å². The first-order chi connectivity index (χ1) is 12.1. The number of nitrogens with zero attached hydrogens (tertiary/aromatic N) is 1. The minimum atomic E-state index is -0.898. The van der Waals surface area contributed by atoms with Crippen LogP contribution in [0.15, 0.2) is 36.5 Å². The minimum absolute atomic E-state index is 0.239. The Balaban J connectivity index is 1.65. The Labute approximate surface area is 144 Å². The highest BCUT2D eigenvalue weighted by Crippen LogP contribution is 2.49. The molecule has 25 heavy (non-hydrogen) atoms. The molecular weight excluding hydrogens is 330 g/mol. The fourth-order valence-corrected chi connectivity index (χ4v) is 2.68. The van der Waals surface area contributed by atoms with E-state index in [4.69, 9.17) is 9.47 Å². The second-order valence-electron chi connectivity index (χ2n) is 5.78. The second kappa shape index (κ2) is 7.57. The summed E-state index contributed by atoms with van der Waals surface area (Å²) >= 11 is 0. The van der Waals surface area contributed by atoms with Crippen LogP contribution in [0, 0.1) is 17.6 Å². The van der Waals surface area contributed by atoms with Gasteiger partial charge in [0, 0.05) is 19.2 Å². The van der Waals surface area contributed by atoms with E-state index in [0.717, 1.165) is 6.07 Å². The number of hydrogen-bond donors (Lipinski definition) is 1. The molecule has 5 nitrogen and oxygen atoms in total. The highest BCUT2D eigenvalue weighted by atomic mass is 19.2. The summed E-state index contributed by atoms with van der Waals surface area (Å²) in [5.41, 5.74) is 0.678. The van der Waals surface area contributed by atoms with Crippen LogP contribution in [-0.2, 0) is 9.53 Å². The minimum Gasteiger partial charge on any atom is -0.474 e. The van der Waals surface area contributed by atoms with E-state index in [0.29, 0.717) is 31.2 Å². The Morgan fingerprint density at radius 2 is 2.12 bits per heavy atom. The number of amides is 1. The van der Waals surface area contributed by atoms with E-state index in [2.05, 4.69) is 10.3 Å². The highest BCUT2D eigenvalue weighted by molar-refractivity contribution is 5.96. The number of hydrogen-bond acceptors (Lipinski definition) is 4. The maximum Gasteiger partial charge on any atom is 0.237 e. The number of carbonyl (C=O) groups is 1. The molecule has 0 aliphatic heterocycles. The molecule has 0 spiro atoms. The van der Waals surface area contributed by atoms with Gasteiger partial charge in [-0.05, 0) is 36.1 Å². The van der Waals surface area contributed by atoms with Crippen molar-refractivity contribution in [3.05, 3.63) is 53.7 Å². The number of carbonyl (C=O) groups excluding carboxylic acids is 1. The Bertz CT molecular complexity index is 770. The number of halogens is 2. The molecular formula is C18H18F2N2O3. The van der Waals surface area contributed by atoms with E-state index in [1.807, 2.05) is 0 Å². The summed E-state index contributed by atoms with van der Waals surface area (Å²) in [5, 5.41) is 2.75. The average Bonchev–Trinajstić information content (AvgIpc) is 3.40. The van der Waals surface area contributed by atoms with E-state index in [1.165, 1.54) is 12.1 Å². The summed E-state index contributed by atoms with van der Waals surface area (Å²) in [7, 11) is 1.56. The lowest BCUT2D eigenvalue weighted by molar-refractivity contribution is -0.117. The van der Waals surface area contributed by atoms with E-state index in [9.17, 15) is 13.6 Å². The van der Waals surface area contributed by atoms with Gasteiger partial charge < -0.3 is 14.8 Å². The molecule has 0 radical (unpaired) electrons. The third-order valence-electron chi connectivity index (χ3n) is 4.06. The molecule has 1 N–H and O–H groups in total. The Morgan fingerprint density at radius 1 is 1.28 bits per heavy atom. The number of anilines is 1. The zero-order valence-electron chi connectivity index (χ0n) is 13.7. The molecule has 7 heteroatoms. The molecule has 1 aliphatic carbocycles. The fourth-order valence-electron chi connectivity index (χ4n) is 2.68. The first-order valence-electron chi connectivity index (χ1n) is 7.93. The van der Waals surface area contributed by atoms with Crippen molar-refractivity contribution in [3.8, 4) is 5.88 Å². The predicted molar refractivity (Wildman–Crippen MR) is 87.4 cm³/mol. The third-order valence-corrected chi connectivity index (χ3v) is 4.06. The Hall–Kier alpha value is -2.54. The molecule has 1 aromatic heterocycles. The van der Waals surface area contributed by atoms with Gasteiger partial charge in [-0.15, -0.1) is 0 Å². The monoisotopic (exact) mass is 348 g/mol. The van der Waals surface area contributed by atoms with Crippen LogP contribution in [-0.4, -0.2) is 31.2 Å². The quantitative estimate of drug-likeness (QED) is 0.781. The molecule has 1 fully saturated rings. The smallest absolute Gasteiger partial charge is 0.237 e. The number of aromatic nitrogens is 1. The molecule has 1 amide bonds. The van der Waals surface area contributed by atoms with Gasteiger partial charge in [0.05, 0.1) is 6.61 Å². The third kappa shape index (κ3) is 3.93. The fraction of sp³-hybridized carbons (Fsp3) is 0.333. The molecule has 3 rings (SSSR count). The first kappa shape index (κ1) is 17.3. The highest BCUT2D eigenvalue weighted by Gasteiger charge is 2.45. The Kier molecular flexibility index (Phi) is 5.23. The summed E-state index contributed by atoms with van der Waals surface area (Å²) in [6.45, 7) is 0.699. The Morgan fingerprint density at radius 3 is 2.92 bits per heavy atom. The molecule has 1 saturated carbocycles. The maximum absolute atomic E-state index is 13.8. The van der Waals surface area contributed by atoms with Gasteiger partial charge in [0.15, 0.2) is 11.6 Å². The van der Waals surface area contributed by atoms with Crippen LogP contribution in [0.5, 0.6) is 5.88 Å². The van der Waals surface area contributed by atoms with Gasteiger partial charge in [-0.25, -0.2) is 13.8 Å². The number of nitrogens with one attached hydrogen (secondary N) is 1. The summed E-state index contributed by atoms with van der Waals surface area (Å²) in [5.74, 6) is -2.47. The molecule has 132 valence electrons. The first-order valence-corrected chi connectivity index (χ1v) is 7.93. The summed E-state index contributed by atoms with van der Waals surface area (Å²) in [4.78, 5) is 16.5. The number of rotatable bonds is 7. The van der Waals surface area contributed by atoms with Crippen molar-refractivity contribution in [1.82, 2.24) is 4.98 Å². The van der Waals surface area contributed by atoms with Gasteiger partial charge in [0.25, 0.3) is 0 Å². The lowest BCUT2D eigenvalue weighted by atomic mass is 10.1. The van der Waals surface area contributed by atoms with Gasteiger partial charge in [-0.1, -0.05) is 12.1 Å². The molecule has 0 saturated heterocycles. The SMILES string of the molecule is COCCOc1ncccc1NC(=O)C1CC1c1cccc(F)c1F. The zero-order valence-corrected chi connectivity index (χ0v) is 13.7. The molecule has 1 aromatic carbocycles. The van der Waals surface area contributed by atoms with Gasteiger partial charge in [-0.3, -0.25) is 4.79 Å². The van der Waals surface area contributed by atoms with Crippen LogP contribution in [0.1, 0.15) is 17.9 Å². The number of methoxy groups -OCH3 is 1. The summed E-state index contributed by atoms with van der Waals surface area (Å²) in [6, 6.07) is 7.38. The largest absolute Gasteiger partial charge is 0.474 e. The average molecular weight is 348 g/mol. The standard InChI is InChI=1S/C18H18F2N2O3/c1-24-8-9-25-18-15(6-3-7-21-18)22-17(23)13-10-12(13)11-4-2-5-14(19)16(11)20/h2-7,12-13H,8-10H2,1H3,(H,22,23). The lowest BCUT2D eigenvalue weighted by Crippen LogP contribution is -2.16. The second-order valence-corrected chi connectivity index (χ2v) is 5.78. The van der Waals surface area contributed by atoms with Crippen molar-refractivity contribution in [1.29, 1.82) is 0 Å². The van der Waals surface area contributed by atoms with E-state index >= 15 is 0 Å². The predicted octanol–water partition coefficient (Wildman–Crippen LogP) is 3.13. The van der Waals surface area contributed by atoms with Crippen LogP contribution in [0.2, 0.25) is 0 Å². The molecule has 2 aromatic rings. The molecule has 1 heterocycles. The van der Waals surface area contributed by atoms with Crippen LogP contribution in [0.4, 0.5) is 14.5 Å². The van der Waals surface area contributed by atoms with Crippen molar-refractivity contribution < 1.29 is 23.0 Å². The zero-order chi connectivity index (χ0) is 17.8. The van der Waals surface area contributed by atoms with Crippen LogP contribution >= 0.6 is 0 Å². The van der Waals surface area contributed by atoms with Gasteiger partial charge >= 0.3 is 0 Å². The maximum atomic E-state index is 13.8. The number of benzene rings is 1. The van der Waals surface area contributed by atoms with Crippen LogP contribution in [0.25, 0.3) is 0 Å². The van der Waals surface area contributed by atoms with E-state index in [-0.39, 0.29) is 17.4 Å². The summed E-state index contributed by atoms with van der Waals surface area (Å²) in [6.07, 6.45) is 2.03. The van der Waals surface area contributed by atoms with E-state index in [1.54, 1.807) is 25.4 Å². The lowest BCUT2D eigenvalue weighted by Gasteiger charge is -2.11. The van der Waals surface area contributed by atoms with Crippen LogP contribution in [0.3, 0.4) is 0 Å². The van der Waals surface area contributed by atoms with Crippen molar-refractivity contribution in [3.63, 3.8) is 0 Å². The molecule has 2 atom stereocenters. The van der Waals surface area contributed by atoms with Gasteiger partial charge in [0.1, 0.15) is 12.3 Å². The topological polar surface area (TPSA) is 60.5 Å². The normalized spacial score (nSPS) is 18.7.